The summed E-state index contributed by atoms with van der Waals surface area (Å²) in [5.74, 6) is -1.52. The van der Waals surface area contributed by atoms with Crippen LogP contribution >= 0.6 is 0 Å². The van der Waals surface area contributed by atoms with Gasteiger partial charge in [0, 0.05) is 13.0 Å². The molecule has 1 heterocycles. The minimum atomic E-state index is -0.888. The zero-order valence-corrected chi connectivity index (χ0v) is 9.67. The van der Waals surface area contributed by atoms with Crippen molar-refractivity contribution in [3.8, 4) is 0 Å². The first-order chi connectivity index (χ1) is 8.09. The van der Waals surface area contributed by atoms with Gasteiger partial charge >= 0.3 is 5.97 Å². The molecule has 2 atom stereocenters. The molecule has 1 aliphatic rings. The number of aliphatic carboxylic acids is 1. The van der Waals surface area contributed by atoms with E-state index in [4.69, 9.17) is 5.11 Å². The van der Waals surface area contributed by atoms with Crippen molar-refractivity contribution in [2.45, 2.75) is 19.4 Å². The number of carbonyl (C=O) groups excluding carboxylic acids is 1. The molecule has 0 saturated carbocycles. The number of carboxylic acids is 1. The van der Waals surface area contributed by atoms with Crippen LogP contribution < -0.4 is 0 Å². The van der Waals surface area contributed by atoms with Gasteiger partial charge in [-0.3, -0.25) is 9.59 Å². The summed E-state index contributed by atoms with van der Waals surface area (Å²) in [5.41, 5.74) is 1.03. The third kappa shape index (κ3) is 2.30. The summed E-state index contributed by atoms with van der Waals surface area (Å²) >= 11 is 0. The first kappa shape index (κ1) is 11.6. The molecule has 1 N–H and O–H groups in total. The van der Waals surface area contributed by atoms with Crippen LogP contribution in [0.15, 0.2) is 30.3 Å². The Morgan fingerprint density at radius 2 is 2.06 bits per heavy atom. The summed E-state index contributed by atoms with van der Waals surface area (Å²) in [5, 5.41) is 8.92. The Morgan fingerprint density at radius 1 is 1.41 bits per heavy atom. The van der Waals surface area contributed by atoms with E-state index in [1.807, 2.05) is 37.3 Å². The Hall–Kier alpha value is -1.84. The SMILES string of the molecule is C[C@@H](c1ccccc1)N1CC(C(=O)O)CC1=O. The highest BCUT2D eigenvalue weighted by Crippen LogP contribution is 2.28. The van der Waals surface area contributed by atoms with Gasteiger partial charge in [-0.2, -0.15) is 0 Å². The Bertz CT molecular complexity index is 430. The van der Waals surface area contributed by atoms with Gasteiger partial charge in [-0.25, -0.2) is 0 Å². The van der Waals surface area contributed by atoms with Crippen LogP contribution in [0, 0.1) is 5.92 Å². The number of nitrogens with zero attached hydrogens (tertiary/aromatic N) is 1. The molecule has 0 radical (unpaired) electrons. The Balaban J connectivity index is 2.14. The van der Waals surface area contributed by atoms with Gasteiger partial charge in [0.15, 0.2) is 0 Å². The Kier molecular flexibility index (Phi) is 3.13. The average Bonchev–Trinajstić information content (AvgIpc) is 2.72. The molecule has 1 fully saturated rings. The number of hydrogen-bond donors (Lipinski definition) is 1. The van der Waals surface area contributed by atoms with Gasteiger partial charge in [-0.15, -0.1) is 0 Å². The molecule has 90 valence electrons. The molecule has 0 bridgehead atoms. The molecular weight excluding hydrogens is 218 g/mol. The predicted octanol–water partition coefficient (Wildman–Crippen LogP) is 1.68. The number of amides is 1. The van der Waals surface area contributed by atoms with Crippen LogP contribution in [0.2, 0.25) is 0 Å². The fourth-order valence-corrected chi connectivity index (χ4v) is 2.18. The van der Waals surface area contributed by atoms with Crippen LogP contribution in [0.4, 0.5) is 0 Å². The van der Waals surface area contributed by atoms with Gasteiger partial charge in [0.25, 0.3) is 0 Å². The van der Waals surface area contributed by atoms with E-state index in [1.54, 1.807) is 4.90 Å². The molecule has 1 unspecified atom stereocenters. The van der Waals surface area contributed by atoms with Gasteiger partial charge in [-0.1, -0.05) is 30.3 Å². The fourth-order valence-electron chi connectivity index (χ4n) is 2.18. The second-order valence-corrected chi connectivity index (χ2v) is 4.37. The number of carbonyl (C=O) groups is 2. The Morgan fingerprint density at radius 3 is 2.59 bits per heavy atom. The van der Waals surface area contributed by atoms with Gasteiger partial charge < -0.3 is 10.0 Å². The maximum absolute atomic E-state index is 11.8. The second kappa shape index (κ2) is 4.57. The van der Waals surface area contributed by atoms with Crippen molar-refractivity contribution in [3.05, 3.63) is 35.9 Å². The first-order valence-electron chi connectivity index (χ1n) is 5.67. The molecule has 0 aromatic heterocycles. The van der Waals surface area contributed by atoms with E-state index in [9.17, 15) is 9.59 Å². The lowest BCUT2D eigenvalue weighted by atomic mass is 10.1. The summed E-state index contributed by atoms with van der Waals surface area (Å²) < 4.78 is 0. The van der Waals surface area contributed by atoms with Crippen molar-refractivity contribution in [2.24, 2.45) is 5.92 Å². The van der Waals surface area contributed by atoms with Crippen molar-refractivity contribution in [3.63, 3.8) is 0 Å². The second-order valence-electron chi connectivity index (χ2n) is 4.37. The van der Waals surface area contributed by atoms with Crippen LogP contribution in [0.5, 0.6) is 0 Å². The summed E-state index contributed by atoms with van der Waals surface area (Å²) in [7, 11) is 0. The quantitative estimate of drug-likeness (QED) is 0.864. The molecule has 1 aromatic carbocycles. The molecular formula is C13H15NO3. The summed E-state index contributed by atoms with van der Waals surface area (Å²) in [4.78, 5) is 24.3. The van der Waals surface area contributed by atoms with Crippen molar-refractivity contribution in [1.82, 2.24) is 4.90 Å². The normalized spacial score (nSPS) is 21.6. The maximum atomic E-state index is 11.8. The van der Waals surface area contributed by atoms with Crippen LogP contribution in [0.25, 0.3) is 0 Å². The van der Waals surface area contributed by atoms with E-state index in [0.29, 0.717) is 6.54 Å². The lowest BCUT2D eigenvalue weighted by Gasteiger charge is -2.24. The van der Waals surface area contributed by atoms with Crippen LogP contribution in [0.3, 0.4) is 0 Å². The lowest BCUT2D eigenvalue weighted by Crippen LogP contribution is -2.29. The topological polar surface area (TPSA) is 57.6 Å². The van der Waals surface area contributed by atoms with Crippen LogP contribution in [-0.2, 0) is 9.59 Å². The van der Waals surface area contributed by atoms with Gasteiger partial charge in [0.05, 0.1) is 12.0 Å². The molecule has 1 aromatic rings. The predicted molar refractivity (Wildman–Crippen MR) is 62.3 cm³/mol. The van der Waals surface area contributed by atoms with E-state index in [1.165, 1.54) is 0 Å². The molecule has 4 heteroatoms. The number of hydrogen-bond acceptors (Lipinski definition) is 2. The standard InChI is InChI=1S/C13H15NO3/c1-9(10-5-3-2-4-6-10)14-8-11(13(16)17)7-12(14)15/h2-6,9,11H,7-8H2,1H3,(H,16,17)/t9-,11?/m0/s1. The summed E-state index contributed by atoms with van der Waals surface area (Å²) in [6.45, 7) is 2.24. The zero-order chi connectivity index (χ0) is 12.4. The third-order valence-electron chi connectivity index (χ3n) is 3.26. The minimum Gasteiger partial charge on any atom is -0.481 e. The van der Waals surface area contributed by atoms with E-state index in [2.05, 4.69) is 0 Å². The van der Waals surface area contributed by atoms with Gasteiger partial charge in [0.1, 0.15) is 0 Å². The third-order valence-corrected chi connectivity index (χ3v) is 3.26. The number of benzene rings is 1. The van der Waals surface area contributed by atoms with Crippen molar-refractivity contribution in [1.29, 1.82) is 0 Å². The van der Waals surface area contributed by atoms with E-state index in [-0.39, 0.29) is 18.4 Å². The molecule has 0 spiro atoms. The number of rotatable bonds is 3. The molecule has 0 aliphatic carbocycles. The molecule has 17 heavy (non-hydrogen) atoms. The molecule has 2 rings (SSSR count). The summed E-state index contributed by atoms with van der Waals surface area (Å²) in [6.07, 6.45) is 0.118. The highest BCUT2D eigenvalue weighted by atomic mass is 16.4. The highest BCUT2D eigenvalue weighted by molar-refractivity contribution is 5.86. The fraction of sp³-hybridized carbons (Fsp3) is 0.385. The average molecular weight is 233 g/mol. The maximum Gasteiger partial charge on any atom is 0.308 e. The summed E-state index contributed by atoms with van der Waals surface area (Å²) in [6, 6.07) is 9.59. The first-order valence-corrected chi connectivity index (χ1v) is 5.67. The van der Waals surface area contributed by atoms with Crippen molar-refractivity contribution in [2.75, 3.05) is 6.54 Å². The molecule has 1 saturated heterocycles. The van der Waals surface area contributed by atoms with Crippen molar-refractivity contribution >= 4 is 11.9 Å². The van der Waals surface area contributed by atoms with E-state index < -0.39 is 11.9 Å². The highest BCUT2D eigenvalue weighted by Gasteiger charge is 2.36. The monoisotopic (exact) mass is 233 g/mol. The number of carboxylic acid groups (broad SMARTS) is 1. The van der Waals surface area contributed by atoms with Crippen LogP contribution in [-0.4, -0.2) is 28.4 Å². The Labute approximate surface area is 99.9 Å². The minimum absolute atomic E-state index is 0.0620. The van der Waals surface area contributed by atoms with Crippen LogP contribution in [0.1, 0.15) is 24.9 Å². The number of likely N-dealkylation sites (tertiary alicyclic amines) is 1. The van der Waals surface area contributed by atoms with Gasteiger partial charge in [0.2, 0.25) is 5.91 Å². The zero-order valence-electron chi connectivity index (χ0n) is 9.67. The van der Waals surface area contributed by atoms with Crippen molar-refractivity contribution < 1.29 is 14.7 Å². The smallest absolute Gasteiger partial charge is 0.308 e. The molecule has 4 nitrogen and oxygen atoms in total. The lowest BCUT2D eigenvalue weighted by molar-refractivity contribution is -0.141. The molecule has 1 amide bonds. The molecule has 1 aliphatic heterocycles. The van der Waals surface area contributed by atoms with Gasteiger partial charge in [-0.05, 0) is 12.5 Å². The van der Waals surface area contributed by atoms with E-state index in [0.717, 1.165) is 5.56 Å². The largest absolute Gasteiger partial charge is 0.481 e. The van der Waals surface area contributed by atoms with E-state index >= 15 is 0 Å².